The Bertz CT molecular complexity index is 3590. The normalized spacial score (nSPS) is 19.3. The molecule has 0 saturated heterocycles. The first-order valence-corrected chi connectivity index (χ1v) is 21.5. The van der Waals surface area contributed by atoms with E-state index in [4.69, 9.17) is 1.37 Å². The van der Waals surface area contributed by atoms with Crippen molar-refractivity contribution in [3.63, 3.8) is 0 Å². The standard InChI is InChI=1S/C63H49N/c1-4-7-21-45-33-34-48(43-47(45)22-8-5-2)46-35-37-51(38-36-46)64(52-39-40-58-56-29-16-15-27-54(56)55-28-17-18-30-57(55)60(58)44-52)42-41-62-53(6-3)59-31-19-20-32-61(59)63(62,49-23-11-9-12-24-49)50-25-13-10-14-26-50/h4-37,39-44,51H,1-3,38H2/b21-7-,22-8-,42-41+/i3D,6D,35D,36D,37D,38D,41D/b6-3?,21-7-,22-8-,42-41+. The van der Waals surface area contributed by atoms with Crippen LogP contribution in [0.1, 0.15) is 54.9 Å². The Hall–Kier alpha value is -8.00. The third-order valence-electron chi connectivity index (χ3n) is 12.4. The molecule has 0 amide bonds. The van der Waals surface area contributed by atoms with Crippen molar-refractivity contribution >= 4 is 61.3 Å². The van der Waals surface area contributed by atoms with E-state index in [1.807, 2.05) is 170 Å². The molecule has 8 aromatic rings. The van der Waals surface area contributed by atoms with E-state index in [1.54, 1.807) is 23.3 Å². The lowest BCUT2D eigenvalue weighted by Gasteiger charge is -2.36. The fourth-order valence-corrected chi connectivity index (χ4v) is 9.53. The molecule has 0 spiro atoms. The Balaban J connectivity index is 1.25. The molecule has 0 heterocycles. The number of hydrogen-bond acceptors (Lipinski definition) is 1. The number of nitrogens with zero attached hydrogens (tertiary/aromatic N) is 1. The molecule has 10 rings (SSSR count). The van der Waals surface area contributed by atoms with Gasteiger partial charge in [0.05, 0.1) is 19.7 Å². The quantitative estimate of drug-likeness (QED) is 0.0876. The van der Waals surface area contributed by atoms with E-state index in [2.05, 4.69) is 37.4 Å². The van der Waals surface area contributed by atoms with E-state index < -0.39 is 17.9 Å². The van der Waals surface area contributed by atoms with Crippen LogP contribution in [0.15, 0.2) is 256 Å². The highest BCUT2D eigenvalue weighted by Gasteiger charge is 2.46. The van der Waals surface area contributed by atoms with Crippen LogP contribution in [0.3, 0.4) is 0 Å². The summed E-state index contributed by atoms with van der Waals surface area (Å²) in [6, 6.07) is 54.0. The number of allylic oxidation sites excluding steroid dienone is 10. The third kappa shape index (κ3) is 6.93. The maximum absolute atomic E-state index is 10.6. The maximum Gasteiger partial charge on any atom is 0.0714 e. The number of fused-ring (bicyclic) bond motifs is 7. The molecule has 0 fully saturated rings. The van der Waals surface area contributed by atoms with Crippen LogP contribution in [0.2, 0.25) is 0 Å². The summed E-state index contributed by atoms with van der Waals surface area (Å²) in [5.74, 6) is 0. The smallest absolute Gasteiger partial charge is 0.0714 e. The van der Waals surface area contributed by atoms with Crippen molar-refractivity contribution in [1.82, 2.24) is 0 Å². The SMILES string of the molecule is [2H]C=C([2H])C1=C(/C([2H])=C/N(c2ccc3c4ccccc4c4ccccc4c3c2)C2C([2H])=C([2H])C(c3ccc(/C=C\C=C)c(/C=C\C=C)c3)=C([2H])C2[2H])C(c2ccccc2)(c2ccccc2)c2ccccc21. The van der Waals surface area contributed by atoms with Crippen molar-refractivity contribution in [2.45, 2.75) is 17.9 Å². The highest BCUT2D eigenvalue weighted by atomic mass is 15.1. The summed E-state index contributed by atoms with van der Waals surface area (Å²) in [5.41, 5.74) is 5.98. The highest BCUT2D eigenvalue weighted by molar-refractivity contribution is 6.25. The van der Waals surface area contributed by atoms with Gasteiger partial charge >= 0.3 is 0 Å². The molecule has 0 bridgehead atoms. The van der Waals surface area contributed by atoms with Crippen LogP contribution in [0.5, 0.6) is 0 Å². The van der Waals surface area contributed by atoms with Crippen molar-refractivity contribution in [2.24, 2.45) is 0 Å². The van der Waals surface area contributed by atoms with Gasteiger partial charge in [0.25, 0.3) is 0 Å². The Kier molecular flexibility index (Phi) is 8.89. The van der Waals surface area contributed by atoms with Gasteiger partial charge in [-0.1, -0.05) is 232 Å². The molecule has 1 nitrogen and oxygen atoms in total. The Morgan fingerprint density at radius 2 is 1.23 bits per heavy atom. The number of rotatable bonds is 12. The lowest BCUT2D eigenvalue weighted by atomic mass is 9.67. The van der Waals surface area contributed by atoms with Crippen molar-refractivity contribution in [2.75, 3.05) is 4.90 Å². The molecule has 64 heavy (non-hydrogen) atoms. The Morgan fingerprint density at radius 3 is 1.89 bits per heavy atom. The summed E-state index contributed by atoms with van der Waals surface area (Å²) in [4.78, 5) is 1.73. The first kappa shape index (κ1) is 32.7. The highest BCUT2D eigenvalue weighted by Crippen LogP contribution is 2.55. The zero-order valence-electron chi connectivity index (χ0n) is 42.3. The molecule has 0 saturated carbocycles. The first-order valence-electron chi connectivity index (χ1n) is 25.1. The van der Waals surface area contributed by atoms with Gasteiger partial charge < -0.3 is 4.90 Å². The molecule has 0 N–H and O–H groups in total. The summed E-state index contributed by atoms with van der Waals surface area (Å²) in [6.45, 7) is 8.66. The molecule has 8 aromatic carbocycles. The molecule has 2 aliphatic rings. The summed E-state index contributed by atoms with van der Waals surface area (Å²) in [7, 11) is 0. The molecule has 2 aliphatic carbocycles. The van der Waals surface area contributed by atoms with E-state index >= 15 is 0 Å². The molecule has 1 heteroatoms. The predicted molar refractivity (Wildman–Crippen MR) is 277 cm³/mol. The molecule has 0 aliphatic heterocycles. The van der Waals surface area contributed by atoms with Gasteiger partial charge in [0.15, 0.2) is 0 Å². The average Bonchev–Trinajstić information content (AvgIpc) is 3.74. The zero-order valence-corrected chi connectivity index (χ0v) is 35.3. The fraction of sp³-hybridized carbons (Fsp3) is 0.0476. The van der Waals surface area contributed by atoms with Crippen LogP contribution in [0.4, 0.5) is 5.69 Å². The predicted octanol–water partition coefficient (Wildman–Crippen LogP) is 16.3. The second-order valence-corrected chi connectivity index (χ2v) is 15.9. The van der Waals surface area contributed by atoms with Crippen molar-refractivity contribution < 1.29 is 9.60 Å². The van der Waals surface area contributed by atoms with E-state index in [0.29, 0.717) is 22.4 Å². The summed E-state index contributed by atoms with van der Waals surface area (Å²) < 4.78 is 68.0. The minimum Gasteiger partial charge on any atom is -0.341 e. The Labute approximate surface area is 387 Å². The minimum absolute atomic E-state index is 0.0198. The second kappa shape index (κ2) is 17.4. The molecule has 306 valence electrons. The van der Waals surface area contributed by atoms with Gasteiger partial charge in [0.1, 0.15) is 0 Å². The van der Waals surface area contributed by atoms with Crippen molar-refractivity contribution in [3.8, 4) is 0 Å². The second-order valence-electron chi connectivity index (χ2n) is 15.9. The molecule has 0 radical (unpaired) electrons. The zero-order chi connectivity index (χ0) is 49.4. The van der Waals surface area contributed by atoms with E-state index in [-0.39, 0.29) is 35.8 Å². The maximum atomic E-state index is 10.6. The minimum atomic E-state index is -1.39. The van der Waals surface area contributed by atoms with Crippen LogP contribution < -0.4 is 4.90 Å². The van der Waals surface area contributed by atoms with Crippen LogP contribution in [-0.2, 0) is 5.41 Å². The monoisotopic (exact) mass is 826 g/mol. The first-order chi connectivity index (χ1) is 34.6. The third-order valence-corrected chi connectivity index (χ3v) is 12.4. The van der Waals surface area contributed by atoms with E-state index in [0.717, 1.165) is 72.3 Å². The lowest BCUT2D eigenvalue weighted by Crippen LogP contribution is -2.31. The van der Waals surface area contributed by atoms with Crippen molar-refractivity contribution in [1.29, 1.82) is 0 Å². The van der Waals surface area contributed by atoms with Crippen molar-refractivity contribution in [3.05, 3.63) is 295 Å². The number of benzene rings is 8. The summed E-state index contributed by atoms with van der Waals surface area (Å²) in [5, 5.41) is 6.18. The fourth-order valence-electron chi connectivity index (χ4n) is 9.53. The van der Waals surface area contributed by atoms with Gasteiger partial charge in [0.2, 0.25) is 0 Å². The molecule has 2 atom stereocenters. The molecule has 0 aromatic heterocycles. The van der Waals surface area contributed by atoms with Gasteiger partial charge in [-0.05, 0) is 119 Å². The van der Waals surface area contributed by atoms with Gasteiger partial charge in [-0.25, -0.2) is 0 Å². The van der Waals surface area contributed by atoms with E-state index in [1.165, 1.54) is 0 Å². The van der Waals surface area contributed by atoms with Gasteiger partial charge in [-0.2, -0.15) is 0 Å². The summed E-state index contributed by atoms with van der Waals surface area (Å²) >= 11 is 0. The average molecular weight is 827 g/mol. The van der Waals surface area contributed by atoms with Gasteiger partial charge in [0, 0.05) is 13.3 Å². The topological polar surface area (TPSA) is 3.24 Å². The Morgan fingerprint density at radius 1 is 0.641 bits per heavy atom. The largest absolute Gasteiger partial charge is 0.341 e. The summed E-state index contributed by atoms with van der Waals surface area (Å²) in [6.07, 6.45) is 11.1. The molecular weight excluding hydrogens is 771 g/mol. The van der Waals surface area contributed by atoms with Gasteiger partial charge in [-0.15, -0.1) is 0 Å². The van der Waals surface area contributed by atoms with Crippen LogP contribution in [0.25, 0.3) is 55.6 Å². The van der Waals surface area contributed by atoms with Crippen LogP contribution >= 0.6 is 0 Å². The van der Waals surface area contributed by atoms with Crippen LogP contribution in [-0.4, -0.2) is 6.04 Å². The van der Waals surface area contributed by atoms with E-state index in [9.17, 15) is 8.22 Å². The van der Waals surface area contributed by atoms with Gasteiger partial charge in [-0.3, -0.25) is 0 Å². The number of anilines is 1. The molecule has 2 unspecified atom stereocenters. The van der Waals surface area contributed by atoms with Crippen LogP contribution in [0, 0.1) is 0 Å². The lowest BCUT2D eigenvalue weighted by molar-refractivity contribution is 0.754. The molecular formula is C63H49N. The number of hydrogen-bond donors (Lipinski definition) is 0.